The van der Waals surface area contributed by atoms with E-state index < -0.39 is 29.9 Å². The molecule has 1 aromatic rings. The molecule has 0 amide bonds. The molecule has 0 spiro atoms. The molecular weight excluding hydrogens is 277 g/mol. The minimum absolute atomic E-state index is 0.0328. The maximum absolute atomic E-state index is 12.5. The second-order valence-corrected chi connectivity index (χ2v) is 4.50. The number of hydrogen-bond donors (Lipinski definition) is 1. The van der Waals surface area contributed by atoms with Gasteiger partial charge in [0.05, 0.1) is 11.7 Å². The zero-order valence-corrected chi connectivity index (χ0v) is 10.4. The van der Waals surface area contributed by atoms with Crippen LogP contribution >= 0.6 is 0 Å². The number of alkyl halides is 3. The Balaban J connectivity index is 1.90. The summed E-state index contributed by atoms with van der Waals surface area (Å²) in [5.41, 5.74) is -0.786. The molecule has 2 atom stereocenters. The van der Waals surface area contributed by atoms with Crippen LogP contribution in [0.4, 0.5) is 13.2 Å². The van der Waals surface area contributed by atoms with Crippen molar-refractivity contribution in [2.45, 2.75) is 31.2 Å². The van der Waals surface area contributed by atoms with Crippen molar-refractivity contribution in [2.24, 2.45) is 0 Å². The summed E-state index contributed by atoms with van der Waals surface area (Å²) < 4.78 is 47.9. The van der Waals surface area contributed by atoms with Crippen molar-refractivity contribution in [1.82, 2.24) is 0 Å². The summed E-state index contributed by atoms with van der Waals surface area (Å²) in [4.78, 5) is 10.7. The van der Waals surface area contributed by atoms with Crippen LogP contribution in [0.2, 0.25) is 0 Å². The topological polar surface area (TPSA) is 55.8 Å². The van der Waals surface area contributed by atoms with Crippen molar-refractivity contribution in [3.05, 3.63) is 29.8 Å². The molecule has 2 rings (SSSR count). The predicted molar refractivity (Wildman–Crippen MR) is 62.5 cm³/mol. The number of carboxylic acids is 1. The zero-order valence-electron chi connectivity index (χ0n) is 10.4. The fourth-order valence-electron chi connectivity index (χ4n) is 1.96. The lowest BCUT2D eigenvalue weighted by Gasteiger charge is -2.14. The van der Waals surface area contributed by atoms with Crippen LogP contribution in [0, 0.1) is 0 Å². The third kappa shape index (κ3) is 3.63. The Bertz CT molecular complexity index is 487. The zero-order chi connectivity index (χ0) is 14.8. The summed E-state index contributed by atoms with van der Waals surface area (Å²) >= 11 is 0. The first-order chi connectivity index (χ1) is 9.36. The number of rotatable bonds is 4. The highest BCUT2D eigenvalue weighted by molar-refractivity contribution is 5.72. The maximum atomic E-state index is 12.5. The van der Waals surface area contributed by atoms with Gasteiger partial charge in [-0.15, -0.1) is 0 Å². The van der Waals surface area contributed by atoms with Gasteiger partial charge in [0.2, 0.25) is 0 Å². The minimum Gasteiger partial charge on any atom is -0.491 e. The predicted octanol–water partition coefficient (Wildman–Crippen LogP) is 2.72. The van der Waals surface area contributed by atoms with Crippen molar-refractivity contribution < 1.29 is 32.5 Å². The van der Waals surface area contributed by atoms with Crippen molar-refractivity contribution in [3.8, 4) is 5.75 Å². The smallest absolute Gasteiger partial charge is 0.416 e. The quantitative estimate of drug-likeness (QED) is 0.926. The normalized spacial score (nSPS) is 22.8. The van der Waals surface area contributed by atoms with E-state index >= 15 is 0 Å². The second kappa shape index (κ2) is 5.70. The largest absolute Gasteiger partial charge is 0.491 e. The summed E-state index contributed by atoms with van der Waals surface area (Å²) in [5, 5.41) is 8.75. The van der Waals surface area contributed by atoms with E-state index in [1.165, 1.54) is 12.1 Å². The van der Waals surface area contributed by atoms with Crippen molar-refractivity contribution in [3.63, 3.8) is 0 Å². The number of ether oxygens (including phenoxy) is 2. The molecule has 1 aromatic carbocycles. The number of halogens is 3. The van der Waals surface area contributed by atoms with Crippen LogP contribution in [-0.4, -0.2) is 29.9 Å². The average Bonchev–Trinajstić information content (AvgIpc) is 2.85. The Morgan fingerprint density at radius 3 is 2.75 bits per heavy atom. The maximum Gasteiger partial charge on any atom is 0.416 e. The Morgan fingerprint density at radius 2 is 2.15 bits per heavy atom. The Kier molecular flexibility index (Phi) is 4.17. The van der Waals surface area contributed by atoms with Gasteiger partial charge in [0.15, 0.2) is 6.10 Å². The fraction of sp³-hybridized carbons (Fsp3) is 0.462. The van der Waals surface area contributed by atoms with Crippen LogP contribution < -0.4 is 4.74 Å². The summed E-state index contributed by atoms with van der Waals surface area (Å²) in [7, 11) is 0. The van der Waals surface area contributed by atoms with Crippen LogP contribution in [0.15, 0.2) is 24.3 Å². The minimum atomic E-state index is -4.42. The highest BCUT2D eigenvalue weighted by atomic mass is 19.4. The highest BCUT2D eigenvalue weighted by Gasteiger charge is 2.32. The number of carboxylic acid groups (broad SMARTS) is 1. The van der Waals surface area contributed by atoms with Gasteiger partial charge in [0, 0.05) is 0 Å². The molecule has 1 saturated heterocycles. The van der Waals surface area contributed by atoms with Crippen LogP contribution in [0.3, 0.4) is 0 Å². The molecule has 7 heteroatoms. The molecule has 2 unspecified atom stereocenters. The van der Waals surface area contributed by atoms with Gasteiger partial charge in [0.25, 0.3) is 0 Å². The molecule has 0 saturated carbocycles. The van der Waals surface area contributed by atoms with E-state index in [0.29, 0.717) is 12.8 Å². The van der Waals surface area contributed by atoms with Gasteiger partial charge in [-0.25, -0.2) is 4.79 Å². The first-order valence-electron chi connectivity index (χ1n) is 6.04. The van der Waals surface area contributed by atoms with Crippen LogP contribution in [0.1, 0.15) is 18.4 Å². The van der Waals surface area contributed by atoms with Crippen molar-refractivity contribution in [1.29, 1.82) is 0 Å². The molecule has 0 aromatic heterocycles. The van der Waals surface area contributed by atoms with E-state index in [2.05, 4.69) is 0 Å². The van der Waals surface area contributed by atoms with Gasteiger partial charge >= 0.3 is 12.1 Å². The monoisotopic (exact) mass is 290 g/mol. The molecule has 1 fully saturated rings. The van der Waals surface area contributed by atoms with Crippen molar-refractivity contribution in [2.75, 3.05) is 6.61 Å². The summed E-state index contributed by atoms with van der Waals surface area (Å²) in [6, 6.07) is 4.54. The first kappa shape index (κ1) is 14.6. The van der Waals surface area contributed by atoms with Gasteiger partial charge in [-0.1, -0.05) is 6.07 Å². The summed E-state index contributed by atoms with van der Waals surface area (Å²) in [6.45, 7) is 0.0328. The molecule has 0 bridgehead atoms. The fourth-order valence-corrected chi connectivity index (χ4v) is 1.96. The van der Waals surface area contributed by atoms with E-state index in [0.717, 1.165) is 12.1 Å². The molecule has 20 heavy (non-hydrogen) atoms. The SMILES string of the molecule is O=C(O)C1CCC(COc2cccc(C(F)(F)F)c2)O1. The lowest BCUT2D eigenvalue weighted by Crippen LogP contribution is -2.23. The molecule has 0 radical (unpaired) electrons. The van der Waals surface area contributed by atoms with E-state index in [4.69, 9.17) is 14.6 Å². The Morgan fingerprint density at radius 1 is 1.40 bits per heavy atom. The van der Waals surface area contributed by atoms with Crippen LogP contribution in [-0.2, 0) is 15.7 Å². The van der Waals surface area contributed by atoms with Gasteiger partial charge < -0.3 is 14.6 Å². The molecular formula is C13H13F3O4. The molecule has 1 heterocycles. The number of hydrogen-bond acceptors (Lipinski definition) is 3. The Labute approximate surface area is 113 Å². The van der Waals surface area contributed by atoms with Gasteiger partial charge in [0.1, 0.15) is 12.4 Å². The molecule has 4 nitrogen and oxygen atoms in total. The average molecular weight is 290 g/mol. The molecule has 1 aliphatic heterocycles. The molecule has 110 valence electrons. The van der Waals surface area contributed by atoms with Crippen molar-refractivity contribution >= 4 is 5.97 Å². The third-order valence-electron chi connectivity index (χ3n) is 2.98. The summed E-state index contributed by atoms with van der Waals surface area (Å²) in [6.07, 6.45) is -4.80. The highest BCUT2D eigenvalue weighted by Crippen LogP contribution is 2.31. The van der Waals surface area contributed by atoms with Gasteiger partial charge in [-0.05, 0) is 31.0 Å². The van der Waals surface area contributed by atoms with E-state index in [1.807, 2.05) is 0 Å². The molecule has 0 aliphatic carbocycles. The summed E-state index contributed by atoms with van der Waals surface area (Å²) in [5.74, 6) is -0.950. The van der Waals surface area contributed by atoms with Crippen LogP contribution in [0.25, 0.3) is 0 Å². The lowest BCUT2D eigenvalue weighted by atomic mass is 10.2. The van der Waals surface area contributed by atoms with Crippen LogP contribution in [0.5, 0.6) is 5.75 Å². The molecule has 1 aliphatic rings. The third-order valence-corrected chi connectivity index (χ3v) is 2.98. The van der Waals surface area contributed by atoms with Gasteiger partial charge in [-0.3, -0.25) is 0 Å². The van der Waals surface area contributed by atoms with E-state index in [1.54, 1.807) is 0 Å². The lowest BCUT2D eigenvalue weighted by molar-refractivity contribution is -0.150. The number of carbonyl (C=O) groups is 1. The Hall–Kier alpha value is -1.76. The van der Waals surface area contributed by atoms with E-state index in [-0.39, 0.29) is 12.4 Å². The van der Waals surface area contributed by atoms with Gasteiger partial charge in [-0.2, -0.15) is 13.2 Å². The first-order valence-corrected chi connectivity index (χ1v) is 6.04. The number of aliphatic carboxylic acids is 1. The van der Waals surface area contributed by atoms with E-state index in [9.17, 15) is 18.0 Å². The second-order valence-electron chi connectivity index (χ2n) is 4.50. The number of benzene rings is 1. The standard InChI is InChI=1S/C13H13F3O4/c14-13(15,16)8-2-1-3-9(6-8)19-7-10-4-5-11(20-10)12(17)18/h1-3,6,10-11H,4-5,7H2,(H,17,18). The molecule has 1 N–H and O–H groups in total.